The van der Waals surface area contributed by atoms with Gasteiger partial charge in [-0.05, 0) is 62.1 Å². The van der Waals surface area contributed by atoms with Crippen LogP contribution in [-0.2, 0) is 12.8 Å². The number of nitrogens with zero attached hydrogens (tertiary/aromatic N) is 4. The summed E-state index contributed by atoms with van der Waals surface area (Å²) < 4.78 is 3.51. The molecule has 1 amide bonds. The summed E-state index contributed by atoms with van der Waals surface area (Å²) in [5, 5.41) is 11.6. The van der Waals surface area contributed by atoms with Gasteiger partial charge in [-0.2, -0.15) is 0 Å². The van der Waals surface area contributed by atoms with Gasteiger partial charge in [0.2, 0.25) is 0 Å². The van der Waals surface area contributed by atoms with Crippen molar-refractivity contribution in [1.82, 2.24) is 24.1 Å². The van der Waals surface area contributed by atoms with Crippen LogP contribution in [0.5, 0.6) is 0 Å². The number of carbonyl (C=O) groups is 2. The van der Waals surface area contributed by atoms with Crippen LogP contribution in [0.25, 0.3) is 11.3 Å². The molecule has 9 nitrogen and oxygen atoms in total. The molecule has 6 aromatic rings. The second-order valence-corrected chi connectivity index (χ2v) is 10.2. The molecular weight excluding hydrogens is 540 g/mol. The molecule has 0 unspecified atom stereocenters. The number of amides is 1. The number of carboxylic acid groups (broad SMARTS) is 1. The van der Waals surface area contributed by atoms with E-state index in [2.05, 4.69) is 39.6 Å². The largest absolute Gasteiger partial charge is 0.476 e. The van der Waals surface area contributed by atoms with Crippen molar-refractivity contribution >= 4 is 23.2 Å². The topological polar surface area (TPSA) is 127 Å². The predicted molar refractivity (Wildman–Crippen MR) is 168 cm³/mol. The molecule has 0 fully saturated rings. The molecule has 2 aromatic carbocycles. The zero-order valence-electron chi connectivity index (χ0n) is 24.2. The van der Waals surface area contributed by atoms with Gasteiger partial charge < -0.3 is 25.0 Å². The Balaban J connectivity index is 0.000000163. The SMILES string of the molecule is C[C@@H](N)Cc1ccccc1.C[C@H](Cc1ccccc1)NC(=O)c1cn2ccccc2n1.O=C(O)c1cn2ccccc2n1. The molecular formula is C34H36N6O3. The van der Waals surface area contributed by atoms with E-state index in [1.54, 1.807) is 22.9 Å². The Hall–Kier alpha value is -5.28. The lowest BCUT2D eigenvalue weighted by atomic mass is 10.1. The van der Waals surface area contributed by atoms with E-state index in [0.717, 1.165) is 18.5 Å². The lowest BCUT2D eigenvalue weighted by molar-refractivity contribution is 0.0691. The van der Waals surface area contributed by atoms with Gasteiger partial charge in [-0.15, -0.1) is 0 Å². The Morgan fingerprint density at radius 3 is 1.67 bits per heavy atom. The number of nitrogens with one attached hydrogen (secondary N) is 1. The van der Waals surface area contributed by atoms with Gasteiger partial charge in [-0.25, -0.2) is 14.8 Å². The van der Waals surface area contributed by atoms with Crippen LogP contribution in [0.2, 0.25) is 0 Å². The Labute approximate surface area is 250 Å². The maximum absolute atomic E-state index is 12.2. The molecule has 0 aliphatic rings. The number of imidazole rings is 2. The lowest BCUT2D eigenvalue weighted by Gasteiger charge is -2.12. The summed E-state index contributed by atoms with van der Waals surface area (Å²) in [6.45, 7) is 4.02. The molecule has 9 heteroatoms. The molecule has 0 saturated carbocycles. The first-order valence-electron chi connectivity index (χ1n) is 14.0. The highest BCUT2D eigenvalue weighted by Crippen LogP contribution is 2.07. The lowest BCUT2D eigenvalue weighted by Crippen LogP contribution is -2.34. The zero-order chi connectivity index (χ0) is 30.6. The summed E-state index contributed by atoms with van der Waals surface area (Å²) in [5.74, 6) is -1.14. The van der Waals surface area contributed by atoms with Crippen LogP contribution in [0.1, 0.15) is 46.0 Å². The summed E-state index contributed by atoms with van der Waals surface area (Å²) in [4.78, 5) is 30.9. The number of aromatic carboxylic acids is 1. The highest BCUT2D eigenvalue weighted by molar-refractivity contribution is 5.93. The van der Waals surface area contributed by atoms with Gasteiger partial charge in [0.05, 0.1) is 0 Å². The van der Waals surface area contributed by atoms with Crippen molar-refractivity contribution in [2.75, 3.05) is 0 Å². The minimum atomic E-state index is -1.00. The average molecular weight is 577 g/mol. The Morgan fingerprint density at radius 2 is 1.19 bits per heavy atom. The minimum absolute atomic E-state index is 0.0599. The monoisotopic (exact) mass is 576 g/mol. The average Bonchev–Trinajstić information content (AvgIpc) is 3.64. The molecule has 0 saturated heterocycles. The van der Waals surface area contributed by atoms with E-state index in [-0.39, 0.29) is 23.7 Å². The molecule has 43 heavy (non-hydrogen) atoms. The van der Waals surface area contributed by atoms with Crippen molar-refractivity contribution in [3.8, 4) is 0 Å². The van der Waals surface area contributed by atoms with Crippen molar-refractivity contribution in [3.05, 3.63) is 144 Å². The molecule has 2 atom stereocenters. The molecule has 0 aliphatic heterocycles. The summed E-state index contributed by atoms with van der Waals surface area (Å²) >= 11 is 0. The predicted octanol–water partition coefficient (Wildman–Crippen LogP) is 5.30. The molecule has 4 aromatic heterocycles. The zero-order valence-corrected chi connectivity index (χ0v) is 24.2. The first-order chi connectivity index (χ1) is 20.8. The van der Waals surface area contributed by atoms with Gasteiger partial charge in [0.25, 0.3) is 5.91 Å². The van der Waals surface area contributed by atoms with Gasteiger partial charge in [0.1, 0.15) is 17.0 Å². The highest BCUT2D eigenvalue weighted by Gasteiger charge is 2.13. The number of pyridine rings is 2. The first-order valence-corrected chi connectivity index (χ1v) is 14.0. The van der Waals surface area contributed by atoms with Crippen molar-refractivity contribution in [2.24, 2.45) is 5.73 Å². The normalized spacial score (nSPS) is 11.9. The maximum Gasteiger partial charge on any atom is 0.356 e. The summed E-state index contributed by atoms with van der Waals surface area (Å²) in [6.07, 6.45) is 8.65. The molecule has 0 spiro atoms. The molecule has 0 bridgehead atoms. The van der Waals surface area contributed by atoms with E-state index in [9.17, 15) is 9.59 Å². The Morgan fingerprint density at radius 1 is 0.721 bits per heavy atom. The van der Waals surface area contributed by atoms with Gasteiger partial charge in [0, 0.05) is 36.9 Å². The fourth-order valence-electron chi connectivity index (χ4n) is 4.38. The second-order valence-electron chi connectivity index (χ2n) is 10.2. The van der Waals surface area contributed by atoms with Gasteiger partial charge in [-0.3, -0.25) is 4.79 Å². The number of aromatic nitrogens is 4. The number of carboxylic acids is 1. The minimum Gasteiger partial charge on any atom is -0.476 e. The van der Waals surface area contributed by atoms with Crippen molar-refractivity contribution in [3.63, 3.8) is 0 Å². The van der Waals surface area contributed by atoms with E-state index >= 15 is 0 Å². The van der Waals surface area contributed by atoms with Crippen molar-refractivity contribution in [1.29, 1.82) is 0 Å². The van der Waals surface area contributed by atoms with Crippen LogP contribution >= 0.6 is 0 Å². The van der Waals surface area contributed by atoms with Gasteiger partial charge in [-0.1, -0.05) is 72.8 Å². The quantitative estimate of drug-likeness (QED) is 0.237. The summed E-state index contributed by atoms with van der Waals surface area (Å²) in [6, 6.07) is 31.8. The van der Waals surface area contributed by atoms with Crippen LogP contribution in [0.3, 0.4) is 0 Å². The summed E-state index contributed by atoms with van der Waals surface area (Å²) in [7, 11) is 0. The van der Waals surface area contributed by atoms with Gasteiger partial charge in [0.15, 0.2) is 5.69 Å². The molecule has 0 radical (unpaired) electrons. The van der Waals surface area contributed by atoms with E-state index in [4.69, 9.17) is 10.8 Å². The van der Waals surface area contributed by atoms with E-state index in [0.29, 0.717) is 11.3 Å². The molecule has 0 aliphatic carbocycles. The van der Waals surface area contributed by atoms with Crippen molar-refractivity contribution < 1.29 is 14.7 Å². The maximum atomic E-state index is 12.2. The summed E-state index contributed by atoms with van der Waals surface area (Å²) in [5.41, 5.74) is 10.1. The first kappa shape index (κ1) is 30.7. The molecule has 4 heterocycles. The number of fused-ring (bicyclic) bond motifs is 2. The Kier molecular flexibility index (Phi) is 10.8. The Bertz CT molecular complexity index is 1680. The third-order valence-corrected chi connectivity index (χ3v) is 6.34. The number of hydrogen-bond acceptors (Lipinski definition) is 5. The van der Waals surface area contributed by atoms with Crippen LogP contribution in [0, 0.1) is 0 Å². The van der Waals surface area contributed by atoms with E-state index in [1.807, 2.05) is 91.2 Å². The fourth-order valence-corrected chi connectivity index (χ4v) is 4.38. The van der Waals surface area contributed by atoms with Crippen LogP contribution in [0.4, 0.5) is 0 Å². The number of rotatable bonds is 7. The molecule has 220 valence electrons. The fraction of sp³-hybridized carbons (Fsp3) is 0.176. The second kappa shape index (κ2) is 15.1. The van der Waals surface area contributed by atoms with Crippen LogP contribution < -0.4 is 11.1 Å². The van der Waals surface area contributed by atoms with E-state index in [1.165, 1.54) is 17.3 Å². The van der Waals surface area contributed by atoms with E-state index < -0.39 is 5.97 Å². The highest BCUT2D eigenvalue weighted by atomic mass is 16.4. The third-order valence-electron chi connectivity index (χ3n) is 6.34. The van der Waals surface area contributed by atoms with Crippen molar-refractivity contribution in [2.45, 2.75) is 38.8 Å². The van der Waals surface area contributed by atoms with Crippen LogP contribution in [-0.4, -0.2) is 47.8 Å². The van der Waals surface area contributed by atoms with Crippen LogP contribution in [0.15, 0.2) is 122 Å². The number of benzene rings is 2. The van der Waals surface area contributed by atoms with Gasteiger partial charge >= 0.3 is 5.97 Å². The third kappa shape index (κ3) is 9.37. The standard InChI is InChI=1S/C17H17N3O.C9H13N.C8H6N2O2/c1-13(11-14-7-3-2-4-8-14)18-17(21)15-12-20-10-6-5-9-16(20)19-15;1-8(10)7-9-5-3-2-4-6-9;11-8(12)6-5-10-4-2-1-3-7(10)9-6/h2-10,12-13H,11H2,1H3,(H,18,21);2-6,8H,7,10H2,1H3;1-5H,(H,11,12)/t13-;8-;/m11./s1. The molecule has 4 N–H and O–H groups in total. The number of hydrogen-bond donors (Lipinski definition) is 3. The number of carbonyl (C=O) groups excluding carboxylic acids is 1. The smallest absolute Gasteiger partial charge is 0.356 e. The number of nitrogens with two attached hydrogens (primary N) is 1. The molecule has 6 rings (SSSR count).